The highest BCUT2D eigenvalue weighted by Gasteiger charge is 2.22. The Morgan fingerprint density at radius 1 is 0.169 bits per heavy atom. The Bertz CT molecular complexity index is 4970. The predicted octanol–water partition coefficient (Wildman–Crippen LogP) is 24.0. The van der Waals surface area contributed by atoms with Crippen LogP contribution in [0, 0.1) is 0 Å². The van der Waals surface area contributed by atoms with Crippen LogP contribution in [0.4, 0.5) is 34.1 Å². The quantitative estimate of drug-likeness (QED) is 0.114. The van der Waals surface area contributed by atoms with Crippen LogP contribution in [0.1, 0.15) is 0 Å². The van der Waals surface area contributed by atoms with Crippen LogP contribution in [0.5, 0.6) is 0 Å². The third-order valence-corrected chi connectivity index (χ3v) is 17.5. The van der Waals surface area contributed by atoms with Gasteiger partial charge in [0.2, 0.25) is 0 Å². The van der Waals surface area contributed by atoms with E-state index in [0.29, 0.717) is 0 Å². The smallest absolute Gasteiger partial charge is 0.0541 e. The summed E-state index contributed by atoms with van der Waals surface area (Å²) < 4.78 is 2.41. The number of anilines is 6. The Kier molecular flexibility index (Phi) is 13.6. The number of aromatic nitrogens is 1. The van der Waals surface area contributed by atoms with Crippen LogP contribution in [0.3, 0.4) is 0 Å². The highest BCUT2D eigenvalue weighted by molar-refractivity contribution is 6.11. The zero-order valence-corrected chi connectivity index (χ0v) is 48.9. The molecule has 1 heterocycles. The largest absolute Gasteiger partial charge is 0.310 e. The van der Waals surface area contributed by atoms with Crippen LogP contribution in [-0.4, -0.2) is 4.57 Å². The summed E-state index contributed by atoms with van der Waals surface area (Å²) in [6.07, 6.45) is 0. The predicted molar refractivity (Wildman–Crippen MR) is 378 cm³/mol. The molecule has 0 saturated heterocycles. The van der Waals surface area contributed by atoms with Gasteiger partial charge in [0.1, 0.15) is 0 Å². The average Bonchev–Trinajstić information content (AvgIpc) is 1.81. The molecular weight excluding hydrogens is 1070 g/mol. The summed E-state index contributed by atoms with van der Waals surface area (Å²) in [7, 11) is 0. The standard InChI is InChI=1S/C86H59N3/c1-6-18-60(19-7-1)65-34-43-76(44-35-65)87(79-49-40-70-52-68(30-32-72(70)54-79)63-24-12-4-13-25-63)81-56-75(74-42-51-86-84(58-74)83-28-16-17-29-85(83)89(86)78-47-38-67(39-48-78)62-22-10-3-11-23-62)57-82(59-81)88(77-45-36-66(37-46-77)61-20-8-2-9-21-61)80-50-41-71-53-69(31-33-73(71)55-80)64-26-14-5-15-27-64/h1-59H. The molecular formula is C86H59N3. The lowest BCUT2D eigenvalue weighted by molar-refractivity contribution is 1.18. The van der Waals surface area contributed by atoms with Crippen molar-refractivity contribution in [3.63, 3.8) is 0 Å². The molecule has 89 heavy (non-hydrogen) atoms. The minimum absolute atomic E-state index is 1.02. The molecule has 0 aliphatic carbocycles. The molecule has 16 aromatic rings. The van der Waals surface area contributed by atoms with E-state index in [2.05, 4.69) is 372 Å². The molecule has 3 heteroatoms. The van der Waals surface area contributed by atoms with Crippen LogP contribution in [0.25, 0.3) is 116 Å². The van der Waals surface area contributed by atoms with Crippen molar-refractivity contribution in [3.8, 4) is 72.4 Å². The van der Waals surface area contributed by atoms with Gasteiger partial charge in [-0.05, 0) is 198 Å². The summed E-state index contributed by atoms with van der Waals surface area (Å²) in [5.74, 6) is 0. The average molecular weight is 1130 g/mol. The molecule has 0 fully saturated rings. The van der Waals surface area contributed by atoms with E-state index >= 15 is 0 Å². The second-order valence-electron chi connectivity index (χ2n) is 23.0. The molecule has 1 aromatic heterocycles. The maximum Gasteiger partial charge on any atom is 0.0541 e. The summed E-state index contributed by atoms with van der Waals surface area (Å²) >= 11 is 0. The first-order valence-electron chi connectivity index (χ1n) is 30.5. The lowest BCUT2D eigenvalue weighted by Gasteiger charge is -2.31. The molecule has 418 valence electrons. The zero-order chi connectivity index (χ0) is 59.0. The molecule has 0 amide bonds. The number of benzene rings is 15. The topological polar surface area (TPSA) is 11.4 Å². The van der Waals surface area contributed by atoms with Gasteiger partial charge in [0.05, 0.1) is 11.0 Å². The van der Waals surface area contributed by atoms with Crippen molar-refractivity contribution in [2.45, 2.75) is 0 Å². The molecule has 0 saturated carbocycles. The van der Waals surface area contributed by atoms with E-state index in [-0.39, 0.29) is 0 Å². The van der Waals surface area contributed by atoms with Crippen LogP contribution >= 0.6 is 0 Å². The number of para-hydroxylation sites is 1. The number of rotatable bonds is 13. The summed E-state index contributed by atoms with van der Waals surface area (Å²) in [4.78, 5) is 4.88. The summed E-state index contributed by atoms with van der Waals surface area (Å²) in [6.45, 7) is 0. The van der Waals surface area contributed by atoms with Crippen molar-refractivity contribution in [2.24, 2.45) is 0 Å². The fourth-order valence-electron chi connectivity index (χ4n) is 13.0. The van der Waals surface area contributed by atoms with E-state index in [0.717, 1.165) is 83.9 Å². The Balaban J connectivity index is 0.914. The molecule has 15 aromatic carbocycles. The lowest BCUT2D eigenvalue weighted by Crippen LogP contribution is -2.14. The van der Waals surface area contributed by atoms with Gasteiger partial charge in [-0.2, -0.15) is 0 Å². The minimum Gasteiger partial charge on any atom is -0.310 e. The van der Waals surface area contributed by atoms with Gasteiger partial charge in [0.15, 0.2) is 0 Å². The number of hydrogen-bond donors (Lipinski definition) is 0. The maximum atomic E-state index is 2.44. The van der Waals surface area contributed by atoms with Gasteiger partial charge in [-0.25, -0.2) is 0 Å². The van der Waals surface area contributed by atoms with Gasteiger partial charge < -0.3 is 14.4 Å². The molecule has 0 aliphatic rings. The molecule has 0 unspecified atom stereocenters. The second-order valence-corrected chi connectivity index (χ2v) is 23.0. The fraction of sp³-hybridized carbons (Fsp3) is 0. The SMILES string of the molecule is c1ccc(-c2ccc(N(c3cc(-c4ccc5c(c4)c4ccccc4n5-c4ccc(-c5ccccc5)cc4)cc(N(c4ccc(-c5ccccc5)cc4)c4ccc5cc(-c6ccccc6)ccc5c4)c3)c3ccc4cc(-c5ccccc5)ccc4c3)cc2)cc1. The normalized spacial score (nSPS) is 11.4. The molecule has 0 aliphatic heterocycles. The molecule has 0 radical (unpaired) electrons. The molecule has 0 atom stereocenters. The fourth-order valence-corrected chi connectivity index (χ4v) is 13.0. The van der Waals surface area contributed by atoms with Crippen LogP contribution in [0.2, 0.25) is 0 Å². The molecule has 0 bridgehead atoms. The first-order chi connectivity index (χ1) is 44.1. The Labute approximate surface area is 519 Å². The Morgan fingerprint density at radius 2 is 0.483 bits per heavy atom. The van der Waals surface area contributed by atoms with Crippen LogP contribution in [0.15, 0.2) is 358 Å². The molecule has 0 spiro atoms. The molecule has 0 N–H and O–H groups in total. The lowest BCUT2D eigenvalue weighted by atomic mass is 9.98. The second kappa shape index (κ2) is 22.9. The highest BCUT2D eigenvalue weighted by atomic mass is 15.2. The van der Waals surface area contributed by atoms with Gasteiger partial charge >= 0.3 is 0 Å². The van der Waals surface area contributed by atoms with Crippen molar-refractivity contribution >= 4 is 77.5 Å². The van der Waals surface area contributed by atoms with Crippen molar-refractivity contribution in [2.75, 3.05) is 9.80 Å². The van der Waals surface area contributed by atoms with Crippen molar-refractivity contribution in [1.82, 2.24) is 4.57 Å². The van der Waals surface area contributed by atoms with E-state index in [4.69, 9.17) is 0 Å². The van der Waals surface area contributed by atoms with E-state index in [1.54, 1.807) is 0 Å². The van der Waals surface area contributed by atoms with Crippen molar-refractivity contribution in [1.29, 1.82) is 0 Å². The van der Waals surface area contributed by atoms with Gasteiger partial charge in [-0.3, -0.25) is 0 Å². The van der Waals surface area contributed by atoms with Crippen LogP contribution in [-0.2, 0) is 0 Å². The van der Waals surface area contributed by atoms with E-state index in [1.807, 2.05) is 0 Å². The van der Waals surface area contributed by atoms with E-state index in [9.17, 15) is 0 Å². The molecule has 16 rings (SSSR count). The van der Waals surface area contributed by atoms with Gasteiger partial charge in [-0.1, -0.05) is 249 Å². The number of nitrogens with zero attached hydrogens (tertiary/aromatic N) is 3. The summed E-state index contributed by atoms with van der Waals surface area (Å²) in [5.41, 5.74) is 23.7. The monoisotopic (exact) mass is 1130 g/mol. The zero-order valence-electron chi connectivity index (χ0n) is 48.9. The minimum atomic E-state index is 1.02. The van der Waals surface area contributed by atoms with Crippen molar-refractivity contribution < 1.29 is 0 Å². The van der Waals surface area contributed by atoms with E-state index < -0.39 is 0 Å². The third kappa shape index (κ3) is 10.3. The van der Waals surface area contributed by atoms with Gasteiger partial charge in [0.25, 0.3) is 0 Å². The Morgan fingerprint density at radius 3 is 0.933 bits per heavy atom. The van der Waals surface area contributed by atoms with Crippen LogP contribution < -0.4 is 9.80 Å². The first kappa shape index (κ1) is 52.7. The number of hydrogen-bond acceptors (Lipinski definition) is 2. The van der Waals surface area contributed by atoms with E-state index in [1.165, 1.54) is 66.1 Å². The number of fused-ring (bicyclic) bond motifs is 5. The summed E-state index contributed by atoms with van der Waals surface area (Å²) in [6, 6.07) is 131. The summed E-state index contributed by atoms with van der Waals surface area (Å²) in [5, 5.41) is 7.07. The maximum absolute atomic E-state index is 2.44. The van der Waals surface area contributed by atoms with Gasteiger partial charge in [0, 0.05) is 50.6 Å². The highest BCUT2D eigenvalue weighted by Crippen LogP contribution is 2.46. The van der Waals surface area contributed by atoms with Crippen molar-refractivity contribution in [3.05, 3.63) is 358 Å². The third-order valence-electron chi connectivity index (χ3n) is 17.5. The Hall–Kier alpha value is -11.8. The van der Waals surface area contributed by atoms with Gasteiger partial charge in [-0.15, -0.1) is 0 Å². The molecule has 3 nitrogen and oxygen atoms in total. The first-order valence-corrected chi connectivity index (χ1v) is 30.5.